The molecule has 0 aliphatic carbocycles. The molecule has 1 atom stereocenters. The van der Waals surface area contributed by atoms with Gasteiger partial charge in [0, 0.05) is 13.2 Å². The van der Waals surface area contributed by atoms with Gasteiger partial charge >= 0.3 is 0 Å². The van der Waals surface area contributed by atoms with Gasteiger partial charge < -0.3 is 16.2 Å². The SMILES string of the molecule is CC(CCO)CNc1nc2ccccc2nc1N. The van der Waals surface area contributed by atoms with E-state index in [1.165, 1.54) is 0 Å². The Morgan fingerprint density at radius 1 is 1.28 bits per heavy atom. The Kier molecular flexibility index (Phi) is 3.94. The van der Waals surface area contributed by atoms with Crippen molar-refractivity contribution in [2.45, 2.75) is 13.3 Å². The molecule has 0 aliphatic heterocycles. The monoisotopic (exact) mass is 246 g/mol. The third-order valence-electron chi connectivity index (χ3n) is 2.84. The predicted molar refractivity (Wildman–Crippen MR) is 73.3 cm³/mol. The Balaban J connectivity index is 2.15. The molecule has 1 unspecified atom stereocenters. The first-order valence-corrected chi connectivity index (χ1v) is 6.07. The average Bonchev–Trinajstić information content (AvgIpc) is 2.36. The Labute approximate surface area is 106 Å². The number of aromatic nitrogens is 2. The summed E-state index contributed by atoms with van der Waals surface area (Å²) >= 11 is 0. The number of fused-ring (bicyclic) bond motifs is 1. The number of nitrogen functional groups attached to an aromatic ring is 1. The molecule has 18 heavy (non-hydrogen) atoms. The fourth-order valence-electron chi connectivity index (χ4n) is 1.74. The van der Waals surface area contributed by atoms with Gasteiger partial charge in [-0.2, -0.15) is 0 Å². The van der Waals surface area contributed by atoms with Crippen LogP contribution in [0.15, 0.2) is 24.3 Å². The Morgan fingerprint density at radius 2 is 1.94 bits per heavy atom. The maximum absolute atomic E-state index is 8.85. The number of nitrogens with zero attached hydrogens (tertiary/aromatic N) is 2. The van der Waals surface area contributed by atoms with Crippen LogP contribution in [0, 0.1) is 5.92 Å². The van der Waals surface area contributed by atoms with Crippen LogP contribution in [-0.4, -0.2) is 28.2 Å². The molecule has 1 aromatic heterocycles. The van der Waals surface area contributed by atoms with Crippen LogP contribution >= 0.6 is 0 Å². The summed E-state index contributed by atoms with van der Waals surface area (Å²) in [6.07, 6.45) is 0.758. The van der Waals surface area contributed by atoms with E-state index in [2.05, 4.69) is 22.2 Å². The van der Waals surface area contributed by atoms with Crippen molar-refractivity contribution in [3.8, 4) is 0 Å². The highest BCUT2D eigenvalue weighted by molar-refractivity contribution is 5.79. The second kappa shape index (κ2) is 5.64. The molecular weight excluding hydrogens is 228 g/mol. The van der Waals surface area contributed by atoms with E-state index in [0.717, 1.165) is 24.0 Å². The van der Waals surface area contributed by atoms with Crippen LogP contribution in [0.2, 0.25) is 0 Å². The number of hydrogen-bond acceptors (Lipinski definition) is 5. The van der Waals surface area contributed by atoms with Crippen LogP contribution in [0.3, 0.4) is 0 Å². The highest BCUT2D eigenvalue weighted by Crippen LogP contribution is 2.18. The van der Waals surface area contributed by atoms with Gasteiger partial charge in [0.05, 0.1) is 11.0 Å². The van der Waals surface area contributed by atoms with Crippen LogP contribution in [-0.2, 0) is 0 Å². The van der Waals surface area contributed by atoms with Gasteiger partial charge in [-0.25, -0.2) is 9.97 Å². The summed E-state index contributed by atoms with van der Waals surface area (Å²) in [5, 5.41) is 12.0. The van der Waals surface area contributed by atoms with Crippen molar-refractivity contribution in [1.29, 1.82) is 0 Å². The molecule has 0 saturated carbocycles. The van der Waals surface area contributed by atoms with E-state index in [4.69, 9.17) is 10.8 Å². The van der Waals surface area contributed by atoms with E-state index in [9.17, 15) is 0 Å². The minimum Gasteiger partial charge on any atom is -0.396 e. The van der Waals surface area contributed by atoms with E-state index in [1.54, 1.807) is 0 Å². The minimum absolute atomic E-state index is 0.196. The lowest BCUT2D eigenvalue weighted by atomic mass is 10.1. The normalized spacial score (nSPS) is 12.6. The van der Waals surface area contributed by atoms with Gasteiger partial charge in [-0.3, -0.25) is 0 Å². The Morgan fingerprint density at radius 3 is 2.61 bits per heavy atom. The number of nitrogens with two attached hydrogens (primary N) is 1. The van der Waals surface area contributed by atoms with Gasteiger partial charge in [-0.15, -0.1) is 0 Å². The molecule has 1 aromatic carbocycles. The third-order valence-corrected chi connectivity index (χ3v) is 2.84. The fourth-order valence-corrected chi connectivity index (χ4v) is 1.74. The zero-order chi connectivity index (χ0) is 13.0. The highest BCUT2D eigenvalue weighted by Gasteiger charge is 2.07. The molecule has 0 spiro atoms. The molecule has 5 heteroatoms. The fraction of sp³-hybridized carbons (Fsp3) is 0.385. The summed E-state index contributed by atoms with van der Waals surface area (Å²) in [6.45, 7) is 2.98. The Hall–Kier alpha value is -1.88. The molecule has 0 fully saturated rings. The van der Waals surface area contributed by atoms with Gasteiger partial charge in [0.25, 0.3) is 0 Å². The number of benzene rings is 1. The van der Waals surface area contributed by atoms with Crippen LogP contribution in [0.5, 0.6) is 0 Å². The smallest absolute Gasteiger partial charge is 0.169 e. The van der Waals surface area contributed by atoms with Crippen molar-refractivity contribution in [3.63, 3.8) is 0 Å². The molecule has 0 aliphatic rings. The first-order chi connectivity index (χ1) is 8.70. The van der Waals surface area contributed by atoms with Crippen molar-refractivity contribution >= 4 is 22.7 Å². The van der Waals surface area contributed by atoms with Crippen molar-refractivity contribution in [1.82, 2.24) is 9.97 Å². The molecule has 5 nitrogen and oxygen atoms in total. The Bertz CT molecular complexity index is 529. The summed E-state index contributed by atoms with van der Waals surface area (Å²) in [6, 6.07) is 7.62. The van der Waals surface area contributed by atoms with Crippen molar-refractivity contribution in [3.05, 3.63) is 24.3 Å². The average molecular weight is 246 g/mol. The summed E-state index contributed by atoms with van der Waals surface area (Å²) in [7, 11) is 0. The zero-order valence-corrected chi connectivity index (χ0v) is 10.4. The van der Waals surface area contributed by atoms with Gasteiger partial charge in [-0.05, 0) is 24.5 Å². The lowest BCUT2D eigenvalue weighted by molar-refractivity contribution is 0.266. The number of nitrogens with one attached hydrogen (secondary N) is 1. The standard InChI is InChI=1S/C13H18N4O/c1-9(6-7-18)8-15-13-12(14)16-10-4-2-3-5-11(10)17-13/h2-5,9,18H,6-8H2,1H3,(H2,14,16)(H,15,17). The summed E-state index contributed by atoms with van der Waals surface area (Å²) in [5.41, 5.74) is 7.48. The first-order valence-electron chi connectivity index (χ1n) is 6.07. The molecule has 2 aromatic rings. The van der Waals surface area contributed by atoms with E-state index in [0.29, 0.717) is 17.6 Å². The number of hydrogen-bond donors (Lipinski definition) is 3. The largest absolute Gasteiger partial charge is 0.396 e. The molecule has 0 amide bonds. The van der Waals surface area contributed by atoms with Crippen LogP contribution < -0.4 is 11.1 Å². The van der Waals surface area contributed by atoms with E-state index in [-0.39, 0.29) is 6.61 Å². The van der Waals surface area contributed by atoms with E-state index in [1.807, 2.05) is 24.3 Å². The molecule has 0 bridgehead atoms. The topological polar surface area (TPSA) is 84.1 Å². The third kappa shape index (κ3) is 2.87. The van der Waals surface area contributed by atoms with Crippen LogP contribution in [0.1, 0.15) is 13.3 Å². The molecule has 0 radical (unpaired) electrons. The molecule has 4 N–H and O–H groups in total. The highest BCUT2D eigenvalue weighted by atomic mass is 16.3. The van der Waals surface area contributed by atoms with Gasteiger partial charge in [0.1, 0.15) is 0 Å². The van der Waals surface area contributed by atoms with Crippen LogP contribution in [0.25, 0.3) is 11.0 Å². The molecule has 2 rings (SSSR count). The molecule has 0 saturated heterocycles. The summed E-state index contributed by atoms with van der Waals surface area (Å²) in [5.74, 6) is 1.38. The van der Waals surface area contributed by atoms with E-state index >= 15 is 0 Å². The van der Waals surface area contributed by atoms with Gasteiger partial charge in [0.2, 0.25) is 0 Å². The first kappa shape index (κ1) is 12.6. The number of anilines is 2. The summed E-state index contributed by atoms with van der Waals surface area (Å²) < 4.78 is 0. The second-order valence-electron chi connectivity index (χ2n) is 4.44. The van der Waals surface area contributed by atoms with Crippen molar-refractivity contribution < 1.29 is 5.11 Å². The van der Waals surface area contributed by atoms with Crippen LogP contribution in [0.4, 0.5) is 11.6 Å². The van der Waals surface area contributed by atoms with Gasteiger partial charge in [0.15, 0.2) is 11.6 Å². The number of aliphatic hydroxyl groups excluding tert-OH is 1. The quantitative estimate of drug-likeness (QED) is 0.747. The minimum atomic E-state index is 0.196. The molecule has 96 valence electrons. The van der Waals surface area contributed by atoms with Gasteiger partial charge in [-0.1, -0.05) is 19.1 Å². The van der Waals surface area contributed by atoms with Crippen molar-refractivity contribution in [2.24, 2.45) is 5.92 Å². The second-order valence-corrected chi connectivity index (χ2v) is 4.44. The number of rotatable bonds is 5. The summed E-state index contributed by atoms with van der Waals surface area (Å²) in [4.78, 5) is 8.75. The van der Waals surface area contributed by atoms with Crippen molar-refractivity contribution in [2.75, 3.05) is 24.2 Å². The van der Waals surface area contributed by atoms with E-state index < -0.39 is 0 Å². The lowest BCUT2D eigenvalue weighted by Gasteiger charge is -2.13. The maximum atomic E-state index is 8.85. The number of aliphatic hydroxyl groups is 1. The predicted octanol–water partition coefficient (Wildman–Crippen LogP) is 1.64. The molecule has 1 heterocycles. The maximum Gasteiger partial charge on any atom is 0.169 e. The number of para-hydroxylation sites is 2. The lowest BCUT2D eigenvalue weighted by Crippen LogP contribution is -2.15. The molecular formula is C13H18N4O. The zero-order valence-electron chi connectivity index (χ0n) is 10.4.